The van der Waals surface area contributed by atoms with E-state index in [-0.39, 0.29) is 134 Å². The molecule has 678 valence electrons. The molecule has 3 aliphatic carbocycles. The molecule has 21 rings (SSSR count). The van der Waals surface area contributed by atoms with Crippen LogP contribution in [0.15, 0.2) is 72.8 Å². The van der Waals surface area contributed by atoms with E-state index in [1.54, 1.807) is 20.8 Å². The second-order valence-corrected chi connectivity index (χ2v) is 31.5. The average molecular weight is 1780 g/mol. The summed E-state index contributed by atoms with van der Waals surface area (Å²) in [6, 6.07) is 15.4. The summed E-state index contributed by atoms with van der Waals surface area (Å²) in [4.78, 5) is 40.9. The first-order chi connectivity index (χ1) is 67.5. The van der Waals surface area contributed by atoms with Crippen LogP contribution in [0.3, 0.4) is 0 Å². The fourth-order valence-corrected chi connectivity index (χ4v) is 18.7. The molecule has 15 aliphatic rings. The zero-order valence-corrected chi connectivity index (χ0v) is 67.2. The van der Waals surface area contributed by atoms with Gasteiger partial charge in [-0.05, 0) is 144 Å². The number of methoxy groups -OCH3 is 6. The van der Waals surface area contributed by atoms with Crippen molar-refractivity contribution in [2.75, 3.05) is 102 Å². The Balaban J connectivity index is 0.000000137. The molecule has 126 heavy (non-hydrogen) atoms. The Hall–Kier alpha value is -9.99. The molecule has 9 N–H and O–H groups in total. The number of benzene rings is 6. The number of carbonyl (C=O) groups excluding carboxylic acids is 3. The van der Waals surface area contributed by atoms with Crippen LogP contribution in [0, 0.1) is 35.5 Å². The van der Waals surface area contributed by atoms with Crippen molar-refractivity contribution in [3.63, 3.8) is 0 Å². The van der Waals surface area contributed by atoms with Crippen molar-refractivity contribution in [2.45, 2.75) is 168 Å². The van der Waals surface area contributed by atoms with Crippen LogP contribution in [0.25, 0.3) is 0 Å². The number of fused-ring (bicyclic) bond motifs is 12. The predicted molar refractivity (Wildman–Crippen MR) is 415 cm³/mol. The molecule has 0 unspecified atom stereocenters. The van der Waals surface area contributed by atoms with E-state index < -0.39 is 265 Å². The number of aliphatic hydroxyl groups excluding tert-OH is 6. The number of hydrogen-bond acceptors (Lipinski definition) is 39. The minimum Gasteiger partial charge on any atom is -0.502 e. The highest BCUT2D eigenvalue weighted by atomic mass is 16.8. The van der Waals surface area contributed by atoms with Crippen LogP contribution in [-0.2, 0) is 85.4 Å². The van der Waals surface area contributed by atoms with Gasteiger partial charge in [0.25, 0.3) is 0 Å². The number of ether oxygens (including phenoxy) is 27. The number of rotatable bonds is 15. The smallest absolute Gasteiger partial charge is 0.310 e. The van der Waals surface area contributed by atoms with E-state index in [9.17, 15) is 63.1 Å². The van der Waals surface area contributed by atoms with Gasteiger partial charge in [-0.2, -0.15) is 0 Å². The van der Waals surface area contributed by atoms with Crippen LogP contribution in [0.5, 0.6) is 86.2 Å². The zero-order chi connectivity index (χ0) is 104. The molecule has 39 nitrogen and oxygen atoms in total. The van der Waals surface area contributed by atoms with Gasteiger partial charge in [-0.25, -0.2) is 0 Å². The number of phenolic OH excluding ortho intramolecular Hbond substituents is 3. The number of phenols is 3. The molecule has 6 aromatic carbocycles. The fourth-order valence-electron chi connectivity index (χ4n) is 18.7. The van der Waals surface area contributed by atoms with E-state index in [4.69, 9.17) is 150 Å². The maximum atomic E-state index is 13.7. The minimum absolute atomic E-state index is 0.00451. The predicted octanol–water partition coefficient (Wildman–Crippen LogP) is 4.02. The van der Waals surface area contributed by atoms with Gasteiger partial charge in [0.2, 0.25) is 37.5 Å². The lowest BCUT2D eigenvalue weighted by Crippen LogP contribution is -2.63. The van der Waals surface area contributed by atoms with Gasteiger partial charge in [0, 0.05) is 38.2 Å². The third-order valence-corrected chi connectivity index (χ3v) is 24.6. The summed E-state index contributed by atoms with van der Waals surface area (Å²) in [6.45, 7) is -8.63. The van der Waals surface area contributed by atoms with Gasteiger partial charge in [0.05, 0.1) is 132 Å². The zero-order valence-electron chi connectivity index (χ0n) is 85.2. The van der Waals surface area contributed by atoms with Crippen LogP contribution in [0.1, 0.15) is 132 Å². The van der Waals surface area contributed by atoms with Crippen LogP contribution in [0.4, 0.5) is 0 Å². The Morgan fingerprint density at radius 2 is 0.651 bits per heavy atom. The van der Waals surface area contributed by atoms with Gasteiger partial charge in [0.1, 0.15) is 81.5 Å². The van der Waals surface area contributed by atoms with Crippen LogP contribution < -0.4 is 56.8 Å². The van der Waals surface area contributed by atoms with E-state index in [2.05, 4.69) is 0 Å². The molecule has 0 bridgehead atoms. The highest BCUT2D eigenvalue weighted by Gasteiger charge is 2.61. The van der Waals surface area contributed by atoms with E-state index in [1.807, 2.05) is 0 Å². The fraction of sp³-hybridized carbons (Fsp3) is 0.552. The summed E-state index contributed by atoms with van der Waals surface area (Å²) >= 11 is 0. The third kappa shape index (κ3) is 14.8. The molecule has 12 aliphatic heterocycles. The molecular formula is C87H96O39. The number of hydrogen-bond donors (Lipinski definition) is 9. The quantitative estimate of drug-likeness (QED) is 0.0518. The average Bonchev–Trinajstić information content (AvgIpc) is 1.50. The molecular weight excluding hydrogens is 1670 g/mol. The molecule has 0 spiro atoms. The van der Waals surface area contributed by atoms with Crippen LogP contribution in [-0.4, -0.2) is 277 Å². The maximum absolute atomic E-state index is 13.7. The largest absolute Gasteiger partial charge is 0.502 e. The molecule has 0 amide bonds. The topological polar surface area (TPSA) is 482 Å². The Bertz CT molecular complexity index is 5910. The number of esters is 3. The Kier molecular flexibility index (Phi) is 18.0. The van der Waals surface area contributed by atoms with Crippen molar-refractivity contribution in [3.8, 4) is 86.2 Å². The first kappa shape index (κ1) is 66.4. The van der Waals surface area contributed by atoms with E-state index in [0.717, 1.165) is 12.1 Å². The van der Waals surface area contributed by atoms with Crippen molar-refractivity contribution in [3.05, 3.63) is 123 Å². The molecule has 12 heterocycles. The summed E-state index contributed by atoms with van der Waals surface area (Å²) in [6.07, 6.45) is -25.8. The molecule has 6 aromatic rings. The molecule has 9 saturated heterocycles. The standard InChI is InChI=1S/3C29H32O13/c3*1-11-36-9-20-27(40-11)24(31)25(32)29(41-20)42-26-14-7-17-16(38-10-39-17)6-13(14)21(22-15(26)8-37-28(22)33)12-4-18(34-2)23(30)19(5-12)35-3/h3*4-7,11,15,20-22,24-27,29-32H,8-10H2,1-3H3/t3*11-,15+,20-,21-,22+,24-,25-,26-,27-,29+/m111/s1/i2D3,3D3,10D2,21D;8D2,10D2,21D;8D2,10D2. The molecule has 0 saturated carbocycles. The van der Waals surface area contributed by atoms with Crippen molar-refractivity contribution < 1.29 is 213 Å². The SMILES string of the molecule is [2H]C([2H])([2H])Oc1cc([C@]2([2H])c3cc4c(cc3[C@@H](O[C@@H]3O[C@@H]5CO[C@@H](C)O[C@H]5[C@H](O)[C@H]3O)[C@H]3COC(=O)[C@@H]32)OC([2H])([2H])O4)cc(OC([2H])([2H])[2H])c1O.[2H]C1([2H])Oc2cc3c(cc2O1)[C@@H](O[C@@H]1O[C@@H]2CO[C@@H](C)O[C@H]2[C@H](O)[C@H]1O)[C@@H]1[C@H](C(=O)OC1([2H])[2H])[C@@H]3c1cc(OC)c(O)c(OC)c1.[2H]C1([2H])Oc2cc3c(cc2O1)[C@@]([2H])(c1cc(OC)c(O)c(OC)c1)[C@H]1C(=O)OC([2H])([2H])[C@@H]1[C@@H]3O[C@@H]1O[C@@H]2CO[C@@H](C)O[C@H]2[C@H](O)[C@H]1O. The van der Waals surface area contributed by atoms with Crippen molar-refractivity contribution >= 4 is 17.9 Å². The second kappa shape index (κ2) is 34.2. The number of cyclic esters (lactones) is 3. The number of aromatic hydroxyl groups is 3. The van der Waals surface area contributed by atoms with E-state index in [0.29, 0.717) is 11.1 Å². The second-order valence-electron chi connectivity index (χ2n) is 31.5. The lowest BCUT2D eigenvalue weighted by atomic mass is 9.66. The summed E-state index contributed by atoms with van der Waals surface area (Å²) < 4.78 is 298. The highest BCUT2D eigenvalue weighted by Crippen LogP contribution is 2.62. The lowest BCUT2D eigenvalue weighted by molar-refractivity contribution is -0.364. The van der Waals surface area contributed by atoms with Gasteiger partial charge in [0.15, 0.2) is 107 Å². The van der Waals surface area contributed by atoms with Gasteiger partial charge in [-0.15, -0.1) is 0 Å². The molecule has 0 radical (unpaired) electrons. The highest BCUT2D eigenvalue weighted by molar-refractivity contribution is 5.81. The van der Waals surface area contributed by atoms with Crippen molar-refractivity contribution in [1.82, 2.24) is 0 Å². The maximum Gasteiger partial charge on any atom is 0.310 e. The summed E-state index contributed by atoms with van der Waals surface area (Å²) in [7, 11) is -1.13. The number of aliphatic hydroxyl groups is 6. The summed E-state index contributed by atoms with van der Waals surface area (Å²) in [5.41, 5.74) is 0.693. The first-order valence-electron chi connectivity index (χ1n) is 48.8. The van der Waals surface area contributed by atoms with Gasteiger partial charge >= 0.3 is 17.9 Å². The lowest BCUT2D eigenvalue weighted by Gasteiger charge is -2.47. The molecule has 9 fully saturated rings. The van der Waals surface area contributed by atoms with Crippen LogP contribution >= 0.6 is 0 Å². The first-order valence-corrected chi connectivity index (χ1v) is 39.8. The van der Waals surface area contributed by atoms with Crippen LogP contribution in [0.2, 0.25) is 0 Å². The number of carbonyl (C=O) groups is 3. The van der Waals surface area contributed by atoms with Crippen molar-refractivity contribution in [2.24, 2.45) is 35.5 Å². The Labute approximate surface area is 743 Å². The summed E-state index contributed by atoms with van der Waals surface area (Å²) in [5.74, 6) is -21.0. The normalized spacial score (nSPS) is 41.9. The van der Waals surface area contributed by atoms with Gasteiger partial charge < -0.3 is 174 Å². The Morgan fingerprint density at radius 1 is 0.349 bits per heavy atom. The van der Waals surface area contributed by atoms with Gasteiger partial charge in [-0.3, -0.25) is 14.4 Å². The Morgan fingerprint density at radius 3 is 1.02 bits per heavy atom. The minimum atomic E-state index is -3.17. The molecule has 0 aromatic heterocycles. The van der Waals surface area contributed by atoms with E-state index in [1.165, 1.54) is 89.1 Å². The van der Waals surface area contributed by atoms with E-state index >= 15 is 0 Å². The van der Waals surface area contributed by atoms with Crippen molar-refractivity contribution in [1.29, 1.82) is 0 Å². The molecule has 39 heteroatoms. The molecule has 30 atom stereocenters. The monoisotopic (exact) mass is 1780 g/mol. The third-order valence-electron chi connectivity index (χ3n) is 24.6. The summed E-state index contributed by atoms with van der Waals surface area (Å²) in [5, 5.41) is 98.3. The van der Waals surface area contributed by atoms with Gasteiger partial charge in [-0.1, -0.05) is 0 Å².